The van der Waals surface area contributed by atoms with Crippen LogP contribution in [0, 0.1) is 6.92 Å². The van der Waals surface area contributed by atoms with Crippen LogP contribution in [0.1, 0.15) is 42.0 Å². The molecule has 0 saturated carbocycles. The number of hydrogen-bond acceptors (Lipinski definition) is 2. The van der Waals surface area contributed by atoms with Crippen molar-refractivity contribution in [3.05, 3.63) is 105 Å². The molecule has 1 atom stereocenters. The lowest BCUT2D eigenvalue weighted by atomic mass is 10.0. The summed E-state index contributed by atoms with van der Waals surface area (Å²) in [4.78, 5) is 29.0. The van der Waals surface area contributed by atoms with Crippen molar-refractivity contribution in [1.82, 2.24) is 10.2 Å². The van der Waals surface area contributed by atoms with E-state index < -0.39 is 6.04 Å². The van der Waals surface area contributed by atoms with E-state index in [-0.39, 0.29) is 18.2 Å². The maximum atomic E-state index is 13.8. The van der Waals surface area contributed by atoms with Gasteiger partial charge in [0, 0.05) is 29.6 Å². The molecule has 4 nitrogen and oxygen atoms in total. The molecule has 184 valence electrons. The van der Waals surface area contributed by atoms with Crippen LogP contribution in [0.4, 0.5) is 0 Å². The third kappa shape index (κ3) is 7.58. The van der Waals surface area contributed by atoms with E-state index in [2.05, 4.69) is 12.2 Å². The fraction of sp³-hybridized carbons (Fsp3) is 0.310. The Balaban J connectivity index is 1.99. The normalized spacial score (nSPS) is 11.7. The summed E-state index contributed by atoms with van der Waals surface area (Å²) in [6.07, 6.45) is 2.27. The Kier molecular flexibility index (Phi) is 10.2. The zero-order chi connectivity index (χ0) is 25.2. The van der Waals surface area contributed by atoms with Crippen molar-refractivity contribution in [2.24, 2.45) is 0 Å². The minimum absolute atomic E-state index is 0.0118. The number of hydrogen-bond donors (Lipinski definition) is 1. The molecule has 0 aliphatic heterocycles. The Morgan fingerprint density at radius 3 is 2.23 bits per heavy atom. The average molecular weight is 511 g/mol. The van der Waals surface area contributed by atoms with Gasteiger partial charge in [-0.15, -0.1) is 0 Å². The second-order valence-electron chi connectivity index (χ2n) is 8.68. The monoisotopic (exact) mass is 510 g/mol. The third-order valence-corrected chi connectivity index (χ3v) is 6.80. The SMILES string of the molecule is CCCCNC(=O)[C@H](Cc1ccccc1)N(Cc1ccccc1C)C(=O)Cc1c(Cl)cccc1Cl. The van der Waals surface area contributed by atoms with Gasteiger partial charge in [0.15, 0.2) is 0 Å². The minimum Gasteiger partial charge on any atom is -0.354 e. The molecule has 0 radical (unpaired) electrons. The van der Waals surface area contributed by atoms with Gasteiger partial charge in [0.05, 0.1) is 6.42 Å². The van der Waals surface area contributed by atoms with Crippen molar-refractivity contribution in [1.29, 1.82) is 0 Å². The lowest BCUT2D eigenvalue weighted by molar-refractivity contribution is -0.140. The summed E-state index contributed by atoms with van der Waals surface area (Å²) < 4.78 is 0. The molecule has 3 aromatic carbocycles. The quantitative estimate of drug-likeness (QED) is 0.303. The van der Waals surface area contributed by atoms with Crippen molar-refractivity contribution in [2.75, 3.05) is 6.54 Å². The molecule has 6 heteroatoms. The van der Waals surface area contributed by atoms with Crippen molar-refractivity contribution < 1.29 is 9.59 Å². The van der Waals surface area contributed by atoms with Crippen LogP contribution in [0.3, 0.4) is 0 Å². The first-order valence-electron chi connectivity index (χ1n) is 12.0. The van der Waals surface area contributed by atoms with Crippen LogP contribution < -0.4 is 5.32 Å². The van der Waals surface area contributed by atoms with E-state index in [0.717, 1.165) is 29.5 Å². The number of aryl methyl sites for hydroxylation is 1. The van der Waals surface area contributed by atoms with Gasteiger partial charge in [-0.25, -0.2) is 0 Å². The zero-order valence-corrected chi connectivity index (χ0v) is 21.8. The molecule has 0 fully saturated rings. The van der Waals surface area contributed by atoms with E-state index in [1.807, 2.05) is 61.5 Å². The second kappa shape index (κ2) is 13.3. The summed E-state index contributed by atoms with van der Waals surface area (Å²) in [5, 5.41) is 3.92. The molecule has 1 N–H and O–H groups in total. The number of carbonyl (C=O) groups is 2. The predicted octanol–water partition coefficient (Wildman–Crippen LogP) is 6.40. The van der Waals surface area contributed by atoms with Crippen LogP contribution in [0.15, 0.2) is 72.8 Å². The lowest BCUT2D eigenvalue weighted by Crippen LogP contribution is -2.51. The first-order chi connectivity index (χ1) is 16.9. The smallest absolute Gasteiger partial charge is 0.243 e. The molecule has 3 rings (SSSR count). The molecule has 0 unspecified atom stereocenters. The number of unbranched alkanes of at least 4 members (excludes halogenated alkanes) is 1. The number of rotatable bonds is 11. The van der Waals surface area contributed by atoms with E-state index in [1.54, 1.807) is 23.1 Å². The Labute approximate surface area is 218 Å². The number of nitrogens with one attached hydrogen (secondary N) is 1. The van der Waals surface area contributed by atoms with E-state index in [9.17, 15) is 9.59 Å². The Morgan fingerprint density at radius 2 is 1.57 bits per heavy atom. The van der Waals surface area contributed by atoms with Crippen molar-refractivity contribution in [3.63, 3.8) is 0 Å². The molecule has 0 bridgehead atoms. The molecule has 0 saturated heterocycles. The average Bonchev–Trinajstić information content (AvgIpc) is 2.85. The maximum Gasteiger partial charge on any atom is 0.243 e. The van der Waals surface area contributed by atoms with Gasteiger partial charge in [-0.2, -0.15) is 0 Å². The molecule has 0 aromatic heterocycles. The fourth-order valence-electron chi connectivity index (χ4n) is 3.99. The summed E-state index contributed by atoms with van der Waals surface area (Å²) in [7, 11) is 0. The topological polar surface area (TPSA) is 49.4 Å². The van der Waals surface area contributed by atoms with Gasteiger partial charge in [-0.1, -0.05) is 97.2 Å². The number of carbonyl (C=O) groups excluding carboxylic acids is 2. The first kappa shape index (κ1) is 26.8. The Hall–Kier alpha value is -2.82. The largest absolute Gasteiger partial charge is 0.354 e. The molecule has 0 aliphatic carbocycles. The number of amides is 2. The molecule has 0 heterocycles. The molecule has 35 heavy (non-hydrogen) atoms. The Morgan fingerprint density at radius 1 is 0.914 bits per heavy atom. The zero-order valence-electron chi connectivity index (χ0n) is 20.3. The van der Waals surface area contributed by atoms with Crippen LogP contribution in [0.5, 0.6) is 0 Å². The highest BCUT2D eigenvalue weighted by Gasteiger charge is 2.31. The lowest BCUT2D eigenvalue weighted by Gasteiger charge is -2.32. The number of benzene rings is 3. The van der Waals surface area contributed by atoms with E-state index in [1.165, 1.54) is 0 Å². The molecular weight excluding hydrogens is 479 g/mol. The predicted molar refractivity (Wildman–Crippen MR) is 144 cm³/mol. The van der Waals surface area contributed by atoms with E-state index in [4.69, 9.17) is 23.2 Å². The highest BCUT2D eigenvalue weighted by Crippen LogP contribution is 2.26. The van der Waals surface area contributed by atoms with Gasteiger partial charge < -0.3 is 10.2 Å². The summed E-state index contributed by atoms with van der Waals surface area (Å²) in [6, 6.07) is 22.2. The van der Waals surface area contributed by atoms with E-state index >= 15 is 0 Å². The van der Waals surface area contributed by atoms with Gasteiger partial charge in [0.25, 0.3) is 0 Å². The second-order valence-corrected chi connectivity index (χ2v) is 9.49. The summed E-state index contributed by atoms with van der Waals surface area (Å²) >= 11 is 12.8. The third-order valence-electron chi connectivity index (χ3n) is 6.09. The highest BCUT2D eigenvalue weighted by molar-refractivity contribution is 6.36. The maximum absolute atomic E-state index is 13.8. The van der Waals surface area contributed by atoms with Gasteiger partial charge in [0.2, 0.25) is 11.8 Å². The van der Waals surface area contributed by atoms with Gasteiger partial charge >= 0.3 is 0 Å². The first-order valence-corrected chi connectivity index (χ1v) is 12.7. The molecule has 3 aromatic rings. The minimum atomic E-state index is -0.678. The molecule has 0 aliphatic rings. The summed E-state index contributed by atoms with van der Waals surface area (Å²) in [5.74, 6) is -0.357. The van der Waals surface area contributed by atoms with Crippen molar-refractivity contribution in [2.45, 2.75) is 52.1 Å². The van der Waals surface area contributed by atoms with Gasteiger partial charge in [-0.3, -0.25) is 9.59 Å². The summed E-state index contributed by atoms with van der Waals surface area (Å²) in [6.45, 7) is 4.97. The molecule has 2 amide bonds. The molecule has 0 spiro atoms. The van der Waals surface area contributed by atoms with E-state index in [0.29, 0.717) is 35.1 Å². The summed E-state index contributed by atoms with van der Waals surface area (Å²) in [5.41, 5.74) is 3.61. The molecular formula is C29H32Cl2N2O2. The van der Waals surface area contributed by atoms with Crippen LogP contribution in [-0.4, -0.2) is 29.3 Å². The standard InChI is InChI=1S/C29H32Cl2N2O2/c1-3-4-17-32-29(35)27(18-22-12-6-5-7-13-22)33(20-23-14-9-8-11-21(23)2)28(34)19-24-25(30)15-10-16-26(24)31/h5-16,27H,3-4,17-20H2,1-2H3,(H,32,35)/t27-/m0/s1. The fourth-order valence-corrected chi connectivity index (χ4v) is 4.52. The van der Waals surface area contributed by atoms with Crippen LogP contribution in [0.2, 0.25) is 10.0 Å². The van der Waals surface area contributed by atoms with Crippen LogP contribution >= 0.6 is 23.2 Å². The van der Waals surface area contributed by atoms with Crippen LogP contribution in [0.25, 0.3) is 0 Å². The number of nitrogens with zero attached hydrogens (tertiary/aromatic N) is 1. The van der Waals surface area contributed by atoms with Crippen molar-refractivity contribution in [3.8, 4) is 0 Å². The van der Waals surface area contributed by atoms with Crippen molar-refractivity contribution >= 4 is 35.0 Å². The number of halogens is 2. The Bertz CT molecular complexity index is 1110. The highest BCUT2D eigenvalue weighted by atomic mass is 35.5. The van der Waals surface area contributed by atoms with Gasteiger partial charge in [-0.05, 0) is 47.7 Å². The van der Waals surface area contributed by atoms with Crippen LogP contribution in [-0.2, 0) is 29.0 Å². The van der Waals surface area contributed by atoms with Gasteiger partial charge in [0.1, 0.15) is 6.04 Å².